The maximum absolute atomic E-state index is 14.1. The molecule has 10 nitrogen and oxygen atoms in total. The molecule has 2 aliphatic carbocycles. The van der Waals surface area contributed by atoms with Gasteiger partial charge in [-0.3, -0.25) is 14.5 Å². The van der Waals surface area contributed by atoms with Crippen molar-refractivity contribution in [3.63, 3.8) is 0 Å². The second-order valence-corrected chi connectivity index (χ2v) is 12.1. The molecular formula is C30H39N5O5. The maximum Gasteiger partial charge on any atom is 0.344 e. The van der Waals surface area contributed by atoms with E-state index in [2.05, 4.69) is 20.4 Å². The number of oxime groups is 1. The van der Waals surface area contributed by atoms with E-state index in [1.807, 2.05) is 28.8 Å². The lowest BCUT2D eigenvalue weighted by molar-refractivity contribution is -0.142. The number of carboxylic acids is 1. The first-order valence-corrected chi connectivity index (χ1v) is 14.9. The van der Waals surface area contributed by atoms with E-state index in [9.17, 15) is 14.4 Å². The molecule has 4 bridgehead atoms. The zero-order chi connectivity index (χ0) is 27.8. The summed E-state index contributed by atoms with van der Waals surface area (Å²) in [4.78, 5) is 50.1. The smallest absolute Gasteiger partial charge is 0.344 e. The fourth-order valence-electron chi connectivity index (χ4n) is 8.27. The summed E-state index contributed by atoms with van der Waals surface area (Å²) in [6.45, 7) is -0.729. The zero-order valence-corrected chi connectivity index (χ0v) is 23.1. The number of aromatic nitrogens is 2. The number of amides is 1. The van der Waals surface area contributed by atoms with Gasteiger partial charge in [-0.25, -0.2) is 9.78 Å². The van der Waals surface area contributed by atoms with Gasteiger partial charge in [0.2, 0.25) is 6.61 Å². The fourth-order valence-corrected chi connectivity index (χ4v) is 8.27. The van der Waals surface area contributed by atoms with Crippen molar-refractivity contribution in [3.05, 3.63) is 40.3 Å². The number of piperidine rings is 2. The summed E-state index contributed by atoms with van der Waals surface area (Å²) < 4.78 is 1.82. The lowest BCUT2D eigenvalue weighted by atomic mass is 9.68. The van der Waals surface area contributed by atoms with Gasteiger partial charge in [0.25, 0.3) is 11.5 Å². The second-order valence-electron chi connectivity index (χ2n) is 12.1. The molecule has 2 aliphatic heterocycles. The monoisotopic (exact) mass is 549 g/mol. The molecule has 4 fully saturated rings. The highest BCUT2D eigenvalue weighted by atomic mass is 16.6. The first-order valence-electron chi connectivity index (χ1n) is 14.9. The first-order chi connectivity index (χ1) is 19.4. The summed E-state index contributed by atoms with van der Waals surface area (Å²) >= 11 is 0. The number of nitrogens with one attached hydrogen (secondary N) is 1. The van der Waals surface area contributed by atoms with Crippen molar-refractivity contribution in [2.75, 3.05) is 13.7 Å². The highest BCUT2D eigenvalue weighted by Crippen LogP contribution is 2.47. The molecule has 2 saturated carbocycles. The predicted octanol–water partition coefficient (Wildman–Crippen LogP) is 3.47. The Balaban J connectivity index is 1.36. The molecule has 0 unspecified atom stereocenters. The Morgan fingerprint density at radius 2 is 1.65 bits per heavy atom. The van der Waals surface area contributed by atoms with Gasteiger partial charge in [0.05, 0.1) is 11.0 Å². The number of aliphatic carboxylic acids is 1. The summed E-state index contributed by atoms with van der Waals surface area (Å²) in [7, 11) is 1.42. The Hall–Kier alpha value is -3.27. The Bertz CT molecular complexity index is 1350. The van der Waals surface area contributed by atoms with Gasteiger partial charge < -0.3 is 19.8 Å². The van der Waals surface area contributed by atoms with Crippen LogP contribution in [-0.4, -0.2) is 68.9 Å². The summed E-state index contributed by atoms with van der Waals surface area (Å²) in [5.41, 5.74) is 0.474. The number of hydrogen-bond acceptors (Lipinski definition) is 7. The summed E-state index contributed by atoms with van der Waals surface area (Å²) in [6.07, 6.45) is 13.5. The van der Waals surface area contributed by atoms with Crippen molar-refractivity contribution in [1.29, 1.82) is 0 Å². The minimum absolute atomic E-state index is 0.0281. The average molecular weight is 550 g/mol. The second kappa shape index (κ2) is 11.3. The van der Waals surface area contributed by atoms with E-state index in [1.165, 1.54) is 52.0 Å². The molecule has 2 aromatic rings. The van der Waals surface area contributed by atoms with Crippen molar-refractivity contribution in [2.24, 2.45) is 17.0 Å². The van der Waals surface area contributed by atoms with E-state index >= 15 is 0 Å². The van der Waals surface area contributed by atoms with Crippen LogP contribution >= 0.6 is 0 Å². The van der Waals surface area contributed by atoms with Crippen LogP contribution in [-0.2, 0) is 14.4 Å². The highest BCUT2D eigenvalue weighted by molar-refractivity contribution is 6.44. The van der Waals surface area contributed by atoms with Gasteiger partial charge in [-0.15, -0.1) is 0 Å². The van der Waals surface area contributed by atoms with E-state index in [0.717, 1.165) is 43.0 Å². The first kappa shape index (κ1) is 26.9. The molecule has 6 rings (SSSR count). The minimum atomic E-state index is -1.23. The highest BCUT2D eigenvalue weighted by Gasteiger charge is 2.45. The van der Waals surface area contributed by atoms with Gasteiger partial charge in [0, 0.05) is 31.2 Å². The molecule has 2 N–H and O–H groups in total. The Morgan fingerprint density at radius 3 is 2.33 bits per heavy atom. The maximum atomic E-state index is 14.1. The Labute approximate surface area is 233 Å². The molecule has 1 amide bonds. The fraction of sp³-hybridized carbons (Fsp3) is 0.633. The number of rotatable bonds is 7. The van der Waals surface area contributed by atoms with Crippen LogP contribution in [0.2, 0.25) is 0 Å². The van der Waals surface area contributed by atoms with Crippen LogP contribution in [0.1, 0.15) is 82.4 Å². The number of likely N-dealkylation sites (N-methyl/N-ethyl adjacent to an activating group) is 1. The van der Waals surface area contributed by atoms with Crippen molar-refractivity contribution in [2.45, 2.75) is 94.8 Å². The Morgan fingerprint density at radius 1 is 0.975 bits per heavy atom. The van der Waals surface area contributed by atoms with Crippen LogP contribution in [0.3, 0.4) is 0 Å². The van der Waals surface area contributed by atoms with Gasteiger partial charge in [-0.05, 0) is 68.9 Å². The van der Waals surface area contributed by atoms with E-state index in [-0.39, 0.29) is 17.4 Å². The standard InChI is InChI=1S/C30H39N5O5/c1-31-29(38)27(33-40-17-26(36)37)28-30(39)35(25-11-3-2-10-24(25)32-28)23-15-20-8-5-9-21(16-23)34(20)22-13-18-6-4-7-19(12-18)14-22/h2-3,10-11,18-23H,4-9,12-17H2,1H3,(H,31,38)(H,36,37)/b33-27-/t18-,19+,20-,21+,22+,23+. The molecule has 4 aliphatic rings. The number of carbonyl (C=O) groups is 2. The topological polar surface area (TPSA) is 126 Å². The molecule has 1 aromatic carbocycles. The zero-order valence-electron chi connectivity index (χ0n) is 23.1. The van der Waals surface area contributed by atoms with Crippen LogP contribution in [0.5, 0.6) is 0 Å². The number of para-hydroxylation sites is 2. The van der Waals surface area contributed by atoms with Crippen molar-refractivity contribution >= 4 is 28.6 Å². The van der Waals surface area contributed by atoms with E-state index in [1.54, 1.807) is 0 Å². The van der Waals surface area contributed by atoms with Gasteiger partial charge >= 0.3 is 5.97 Å². The molecule has 40 heavy (non-hydrogen) atoms. The lowest BCUT2D eigenvalue weighted by Crippen LogP contribution is -2.58. The number of nitrogens with zero attached hydrogens (tertiary/aromatic N) is 4. The molecular weight excluding hydrogens is 510 g/mol. The predicted molar refractivity (Wildman–Crippen MR) is 150 cm³/mol. The summed E-state index contributed by atoms with van der Waals surface area (Å²) in [5.74, 6) is -0.151. The quantitative estimate of drug-likeness (QED) is 0.400. The number of hydrogen-bond donors (Lipinski definition) is 2. The largest absolute Gasteiger partial charge is 0.479 e. The number of fused-ring (bicyclic) bond motifs is 5. The molecule has 0 radical (unpaired) electrons. The average Bonchev–Trinajstić information content (AvgIpc) is 2.94. The van der Waals surface area contributed by atoms with Crippen molar-refractivity contribution in [1.82, 2.24) is 19.8 Å². The van der Waals surface area contributed by atoms with Crippen LogP contribution in [0, 0.1) is 11.8 Å². The molecule has 6 atom stereocenters. The SMILES string of the molecule is CNC(=O)/C(=N\OCC(=O)O)c1nc2ccccc2n([C@H]2C[C@H]3CCC[C@@H](C2)N3[C@H]2C[C@@H]3CCC[C@@H](C3)C2)c1=O. The number of carbonyl (C=O) groups excluding carboxylic acids is 1. The molecule has 10 heteroatoms. The van der Waals surface area contributed by atoms with Crippen molar-refractivity contribution in [3.8, 4) is 0 Å². The molecule has 0 spiro atoms. The van der Waals surface area contributed by atoms with Crippen LogP contribution < -0.4 is 10.9 Å². The normalized spacial score (nSPS) is 30.6. The van der Waals surface area contributed by atoms with E-state index in [4.69, 9.17) is 9.94 Å². The van der Waals surface area contributed by atoms with Crippen LogP contribution in [0.4, 0.5) is 0 Å². The lowest BCUT2D eigenvalue weighted by Gasteiger charge is -2.55. The van der Waals surface area contributed by atoms with Gasteiger partial charge in [0.15, 0.2) is 11.4 Å². The van der Waals surface area contributed by atoms with Gasteiger partial charge in [0.1, 0.15) is 0 Å². The summed E-state index contributed by atoms with van der Waals surface area (Å²) in [5, 5.41) is 15.2. The van der Waals surface area contributed by atoms with E-state index in [0.29, 0.717) is 23.6 Å². The van der Waals surface area contributed by atoms with Crippen molar-refractivity contribution < 1.29 is 19.5 Å². The molecule has 2 saturated heterocycles. The van der Waals surface area contributed by atoms with Gasteiger partial charge in [-0.2, -0.15) is 0 Å². The number of carboxylic acid groups (broad SMARTS) is 1. The third-order valence-electron chi connectivity index (χ3n) is 9.70. The van der Waals surface area contributed by atoms with Crippen LogP contribution in [0.15, 0.2) is 34.2 Å². The minimum Gasteiger partial charge on any atom is -0.479 e. The van der Waals surface area contributed by atoms with Gasteiger partial charge in [-0.1, -0.05) is 43.0 Å². The van der Waals surface area contributed by atoms with E-state index < -0.39 is 24.0 Å². The molecule has 3 heterocycles. The summed E-state index contributed by atoms with van der Waals surface area (Å²) in [6, 6.07) is 8.99. The third kappa shape index (κ3) is 5.13. The number of benzene rings is 1. The molecule has 214 valence electrons. The third-order valence-corrected chi connectivity index (χ3v) is 9.70. The Kier molecular flexibility index (Phi) is 7.61. The van der Waals surface area contributed by atoms with Crippen LogP contribution in [0.25, 0.3) is 11.0 Å². The molecule has 1 aromatic heterocycles.